The number of nitrogens with zero attached hydrogens (tertiary/aromatic N) is 2. The lowest BCUT2D eigenvalue weighted by molar-refractivity contribution is -0.118. The number of hydrogen-bond donors (Lipinski definition) is 1. The molecule has 0 saturated heterocycles. The van der Waals surface area contributed by atoms with E-state index in [0.29, 0.717) is 0 Å². The number of allylic oxidation sites excluding steroid dienone is 1. The number of rotatable bonds is 7. The van der Waals surface area contributed by atoms with E-state index in [9.17, 15) is 9.59 Å². The van der Waals surface area contributed by atoms with Crippen LogP contribution in [0.4, 0.5) is 11.4 Å². The van der Waals surface area contributed by atoms with Gasteiger partial charge in [0.2, 0.25) is 5.91 Å². The molecule has 1 amide bonds. The van der Waals surface area contributed by atoms with Crippen molar-refractivity contribution in [3.05, 3.63) is 65.9 Å². The van der Waals surface area contributed by atoms with Gasteiger partial charge in [0.25, 0.3) is 0 Å². The number of nitrogens with one attached hydrogen (secondary N) is 1. The predicted molar refractivity (Wildman–Crippen MR) is 125 cm³/mol. The molecule has 158 valence electrons. The fraction of sp³-hybridized carbons (Fsp3) is 0.333. The number of ketones is 1. The highest BCUT2D eigenvalue weighted by Gasteiger charge is 2.38. The molecular weight excluding hydrogens is 394 g/mol. The molecule has 0 aromatic heterocycles. The second kappa shape index (κ2) is 9.06. The molecule has 1 aliphatic rings. The van der Waals surface area contributed by atoms with Crippen molar-refractivity contribution in [3.63, 3.8) is 0 Å². The zero-order valence-electron chi connectivity index (χ0n) is 18.2. The first kappa shape index (κ1) is 22.1. The normalized spacial score (nSPS) is 16.1. The Balaban J connectivity index is 1.63. The van der Waals surface area contributed by atoms with Crippen LogP contribution in [0, 0.1) is 0 Å². The summed E-state index contributed by atoms with van der Waals surface area (Å²) in [7, 11) is 3.78. The summed E-state index contributed by atoms with van der Waals surface area (Å²) < 4.78 is 0. The molecule has 0 bridgehead atoms. The van der Waals surface area contributed by atoms with Crippen LogP contribution in [0.2, 0.25) is 0 Å². The number of amides is 1. The average Bonchev–Trinajstić information content (AvgIpc) is 2.89. The van der Waals surface area contributed by atoms with Gasteiger partial charge in [-0.1, -0.05) is 44.2 Å². The highest BCUT2D eigenvalue weighted by Crippen LogP contribution is 2.46. The zero-order valence-corrected chi connectivity index (χ0v) is 19.0. The second-order valence-electron chi connectivity index (χ2n) is 8.12. The van der Waals surface area contributed by atoms with Crippen LogP contribution < -0.4 is 10.2 Å². The van der Waals surface area contributed by atoms with E-state index >= 15 is 0 Å². The summed E-state index contributed by atoms with van der Waals surface area (Å²) in [6, 6.07) is 15.9. The van der Waals surface area contributed by atoms with Gasteiger partial charge in [-0.05, 0) is 37.1 Å². The van der Waals surface area contributed by atoms with E-state index in [1.165, 1.54) is 5.56 Å². The van der Waals surface area contributed by atoms with Gasteiger partial charge in [0.15, 0.2) is 5.78 Å². The molecule has 6 heteroatoms. The van der Waals surface area contributed by atoms with E-state index in [1.807, 2.05) is 49.7 Å². The lowest BCUT2D eigenvalue weighted by Crippen LogP contribution is -2.34. The van der Waals surface area contributed by atoms with Crippen molar-refractivity contribution in [2.45, 2.75) is 24.2 Å². The Labute approximate surface area is 183 Å². The molecule has 0 fully saturated rings. The standard InChI is InChI=1S/C24H29N3O2S/c1-24(2)18-10-6-8-12-20(18)27(4)22(24)14-17(28)15-26(3)16-23(29)25-19-11-7-9-13-21(19)30-5/h6-14H,15-16H2,1-5H3,(H,25,29)/b22-14+. The summed E-state index contributed by atoms with van der Waals surface area (Å²) >= 11 is 1.58. The Morgan fingerprint density at radius 3 is 2.47 bits per heavy atom. The van der Waals surface area contributed by atoms with Gasteiger partial charge >= 0.3 is 0 Å². The maximum Gasteiger partial charge on any atom is 0.238 e. The number of carbonyl (C=O) groups excluding carboxylic acids is 2. The minimum Gasteiger partial charge on any atom is -0.347 e. The maximum atomic E-state index is 12.8. The summed E-state index contributed by atoms with van der Waals surface area (Å²) in [5, 5.41) is 2.93. The predicted octanol–water partition coefficient (Wildman–Crippen LogP) is 4.16. The average molecular weight is 424 g/mol. The quantitative estimate of drug-likeness (QED) is 0.535. The largest absolute Gasteiger partial charge is 0.347 e. The van der Waals surface area contributed by atoms with Gasteiger partial charge in [0.1, 0.15) is 0 Å². The molecule has 1 aliphatic heterocycles. The van der Waals surface area contributed by atoms with Crippen LogP contribution in [0.25, 0.3) is 0 Å². The summed E-state index contributed by atoms with van der Waals surface area (Å²) in [6.07, 6.45) is 3.69. The maximum absolute atomic E-state index is 12.8. The molecule has 0 unspecified atom stereocenters. The molecule has 1 heterocycles. The van der Waals surface area contributed by atoms with Gasteiger partial charge in [-0.15, -0.1) is 11.8 Å². The van der Waals surface area contributed by atoms with Crippen molar-refractivity contribution in [1.82, 2.24) is 4.90 Å². The smallest absolute Gasteiger partial charge is 0.238 e. The van der Waals surface area contributed by atoms with Gasteiger partial charge in [0, 0.05) is 34.8 Å². The van der Waals surface area contributed by atoms with Gasteiger partial charge in [-0.2, -0.15) is 0 Å². The molecule has 0 spiro atoms. The molecule has 2 aromatic rings. The Hall–Kier alpha value is -2.57. The van der Waals surface area contributed by atoms with Crippen molar-refractivity contribution in [2.24, 2.45) is 0 Å². The van der Waals surface area contributed by atoms with Crippen molar-refractivity contribution in [2.75, 3.05) is 43.7 Å². The van der Waals surface area contributed by atoms with E-state index < -0.39 is 0 Å². The number of hydrogen-bond acceptors (Lipinski definition) is 5. The lowest BCUT2D eigenvalue weighted by atomic mass is 9.83. The minimum absolute atomic E-state index is 0.0162. The molecule has 3 rings (SSSR count). The minimum atomic E-state index is -0.238. The van der Waals surface area contributed by atoms with Crippen molar-refractivity contribution in [3.8, 4) is 0 Å². The molecule has 0 atom stereocenters. The molecule has 1 N–H and O–H groups in total. The first-order valence-corrected chi connectivity index (χ1v) is 11.2. The summed E-state index contributed by atoms with van der Waals surface area (Å²) in [6.45, 7) is 4.60. The number of likely N-dealkylation sites (N-methyl/N-ethyl adjacent to an activating group) is 2. The van der Waals surface area contributed by atoms with E-state index in [1.54, 1.807) is 29.8 Å². The third kappa shape index (κ3) is 4.60. The first-order chi connectivity index (χ1) is 14.2. The van der Waals surface area contributed by atoms with Crippen LogP contribution in [-0.2, 0) is 15.0 Å². The van der Waals surface area contributed by atoms with Gasteiger partial charge in [-0.3, -0.25) is 14.5 Å². The Morgan fingerprint density at radius 2 is 1.77 bits per heavy atom. The van der Waals surface area contributed by atoms with Crippen molar-refractivity contribution in [1.29, 1.82) is 0 Å². The number of para-hydroxylation sites is 2. The van der Waals surface area contributed by atoms with Crippen LogP contribution in [0.5, 0.6) is 0 Å². The third-order valence-corrected chi connectivity index (χ3v) is 6.25. The third-order valence-electron chi connectivity index (χ3n) is 5.46. The van der Waals surface area contributed by atoms with Gasteiger partial charge in [-0.25, -0.2) is 0 Å². The summed E-state index contributed by atoms with van der Waals surface area (Å²) in [5.41, 5.74) is 3.87. The Kier molecular flexibility index (Phi) is 6.68. The molecule has 0 saturated carbocycles. The number of thioether (sulfide) groups is 1. The van der Waals surface area contributed by atoms with E-state index in [2.05, 4.69) is 36.2 Å². The van der Waals surface area contributed by atoms with Gasteiger partial charge < -0.3 is 10.2 Å². The van der Waals surface area contributed by atoms with E-state index in [0.717, 1.165) is 22.0 Å². The first-order valence-electron chi connectivity index (χ1n) is 9.93. The fourth-order valence-corrected chi connectivity index (χ4v) is 4.52. The number of benzene rings is 2. The SMILES string of the molecule is CSc1ccccc1NC(=O)CN(C)CC(=O)/C=C1/N(C)c2ccccc2C1(C)C. The molecule has 5 nitrogen and oxygen atoms in total. The summed E-state index contributed by atoms with van der Waals surface area (Å²) in [4.78, 5) is 30.0. The highest BCUT2D eigenvalue weighted by atomic mass is 32.2. The van der Waals surface area contributed by atoms with E-state index in [-0.39, 0.29) is 30.2 Å². The van der Waals surface area contributed by atoms with Gasteiger partial charge in [0.05, 0.1) is 18.8 Å². The Morgan fingerprint density at radius 1 is 1.10 bits per heavy atom. The number of carbonyl (C=O) groups is 2. The molecule has 0 radical (unpaired) electrons. The van der Waals surface area contributed by atoms with Crippen LogP contribution in [0.1, 0.15) is 19.4 Å². The molecular formula is C24H29N3O2S. The topological polar surface area (TPSA) is 52.7 Å². The number of fused-ring (bicyclic) bond motifs is 1. The van der Waals surface area contributed by atoms with Crippen LogP contribution in [0.15, 0.2) is 65.2 Å². The van der Waals surface area contributed by atoms with Crippen LogP contribution in [0.3, 0.4) is 0 Å². The Bertz CT molecular complexity index is 984. The zero-order chi connectivity index (χ0) is 21.9. The number of anilines is 2. The van der Waals surface area contributed by atoms with Crippen LogP contribution >= 0.6 is 11.8 Å². The van der Waals surface area contributed by atoms with Crippen molar-refractivity contribution < 1.29 is 9.59 Å². The van der Waals surface area contributed by atoms with Crippen molar-refractivity contribution >= 4 is 34.8 Å². The lowest BCUT2D eigenvalue weighted by Gasteiger charge is -2.24. The molecule has 0 aliphatic carbocycles. The summed E-state index contributed by atoms with van der Waals surface area (Å²) in [5.74, 6) is -0.150. The monoisotopic (exact) mass is 423 g/mol. The molecule has 30 heavy (non-hydrogen) atoms. The highest BCUT2D eigenvalue weighted by molar-refractivity contribution is 7.98. The van der Waals surface area contributed by atoms with Crippen LogP contribution in [-0.4, -0.2) is 50.0 Å². The van der Waals surface area contributed by atoms with E-state index in [4.69, 9.17) is 0 Å². The second-order valence-corrected chi connectivity index (χ2v) is 8.97. The molecule has 2 aromatic carbocycles. The fourth-order valence-electron chi connectivity index (χ4n) is 3.96.